The maximum Gasteiger partial charge on any atom is 0.257 e. The summed E-state index contributed by atoms with van der Waals surface area (Å²) in [5, 5.41) is 6.93. The van der Waals surface area contributed by atoms with Gasteiger partial charge < -0.3 is 18.7 Å². The molecule has 0 aliphatic heterocycles. The Labute approximate surface area is 165 Å². The molecule has 29 heavy (non-hydrogen) atoms. The topological polar surface area (TPSA) is 85.6 Å². The van der Waals surface area contributed by atoms with Gasteiger partial charge >= 0.3 is 0 Å². The first-order valence-corrected chi connectivity index (χ1v) is 9.09. The maximum absolute atomic E-state index is 12.8. The number of pyridine rings is 1. The Morgan fingerprint density at radius 2 is 1.97 bits per heavy atom. The van der Waals surface area contributed by atoms with Crippen molar-refractivity contribution >= 4 is 17.1 Å². The Morgan fingerprint density at radius 3 is 2.83 bits per heavy atom. The van der Waals surface area contributed by atoms with Crippen molar-refractivity contribution in [2.75, 3.05) is 5.32 Å². The van der Waals surface area contributed by atoms with Gasteiger partial charge in [0, 0.05) is 23.6 Å². The molecule has 0 spiro atoms. The zero-order chi connectivity index (χ0) is 19.6. The molecule has 0 unspecified atom stereocenters. The van der Waals surface area contributed by atoms with E-state index in [9.17, 15) is 4.79 Å². The molecule has 0 aliphatic rings. The molecule has 0 saturated heterocycles. The Balaban J connectivity index is 1.37. The molecular weight excluding hydrogens is 368 g/mol. The van der Waals surface area contributed by atoms with Crippen LogP contribution in [0.5, 0.6) is 0 Å². The van der Waals surface area contributed by atoms with Gasteiger partial charge in [0.25, 0.3) is 5.91 Å². The molecule has 1 aromatic carbocycles. The van der Waals surface area contributed by atoms with Gasteiger partial charge in [0.1, 0.15) is 0 Å². The number of nitrogens with zero attached hydrogens (tertiary/aromatic N) is 3. The van der Waals surface area contributed by atoms with E-state index in [1.54, 1.807) is 24.6 Å². The normalized spacial score (nSPS) is 11.0. The predicted octanol–water partition coefficient (Wildman–Crippen LogP) is 4.43. The Bertz CT molecular complexity index is 1250. The number of hydrogen-bond acceptors (Lipinski definition) is 5. The Kier molecular flexibility index (Phi) is 4.18. The third kappa shape index (κ3) is 3.41. The first-order chi connectivity index (χ1) is 14.3. The van der Waals surface area contributed by atoms with Gasteiger partial charge in [-0.3, -0.25) is 4.79 Å². The van der Waals surface area contributed by atoms with Crippen molar-refractivity contribution in [2.24, 2.45) is 0 Å². The number of amides is 1. The van der Waals surface area contributed by atoms with E-state index in [0.29, 0.717) is 35.1 Å². The van der Waals surface area contributed by atoms with Gasteiger partial charge in [0.2, 0.25) is 11.7 Å². The summed E-state index contributed by atoms with van der Waals surface area (Å²) >= 11 is 0. The second-order valence-corrected chi connectivity index (χ2v) is 6.54. The van der Waals surface area contributed by atoms with Crippen molar-refractivity contribution in [3.8, 4) is 11.6 Å². The molecule has 7 heteroatoms. The highest BCUT2D eigenvalue weighted by Gasteiger charge is 2.15. The minimum atomic E-state index is -0.178. The standard InChI is InChI=1S/C22H16N4O3/c27-22(16-12-17-7-3-4-10-26(17)14-16)23-18-8-2-1-6-15(18)13-20-24-21(25-29-20)19-9-5-11-28-19/h1-12,14H,13H2,(H,23,27). The van der Waals surface area contributed by atoms with E-state index >= 15 is 0 Å². The van der Waals surface area contributed by atoms with Crippen LogP contribution in [0.2, 0.25) is 0 Å². The second kappa shape index (κ2) is 7.12. The number of carbonyl (C=O) groups is 1. The van der Waals surface area contributed by atoms with Crippen LogP contribution >= 0.6 is 0 Å². The maximum atomic E-state index is 12.8. The highest BCUT2D eigenvalue weighted by molar-refractivity contribution is 6.05. The van der Waals surface area contributed by atoms with Crippen LogP contribution in [0.15, 0.2) is 88.3 Å². The van der Waals surface area contributed by atoms with Gasteiger partial charge in [-0.05, 0) is 42.0 Å². The fraction of sp³-hybridized carbons (Fsp3) is 0.0455. The van der Waals surface area contributed by atoms with Crippen LogP contribution in [-0.2, 0) is 6.42 Å². The van der Waals surface area contributed by atoms with Crippen LogP contribution in [0.3, 0.4) is 0 Å². The summed E-state index contributed by atoms with van der Waals surface area (Å²) in [6, 6.07) is 18.8. The van der Waals surface area contributed by atoms with E-state index in [1.165, 1.54) is 0 Å². The van der Waals surface area contributed by atoms with Gasteiger partial charge in [-0.1, -0.05) is 29.4 Å². The number of aromatic nitrogens is 3. The number of anilines is 1. The van der Waals surface area contributed by atoms with E-state index in [2.05, 4.69) is 15.5 Å². The summed E-state index contributed by atoms with van der Waals surface area (Å²) in [6.07, 6.45) is 5.66. The molecule has 4 heterocycles. The lowest BCUT2D eigenvalue weighted by molar-refractivity contribution is 0.102. The van der Waals surface area contributed by atoms with E-state index in [-0.39, 0.29) is 5.91 Å². The number of benzene rings is 1. The van der Waals surface area contributed by atoms with Crippen LogP contribution in [0.1, 0.15) is 21.8 Å². The van der Waals surface area contributed by atoms with Gasteiger partial charge in [0.05, 0.1) is 18.2 Å². The summed E-state index contributed by atoms with van der Waals surface area (Å²) in [4.78, 5) is 17.1. The molecule has 5 aromatic rings. The van der Waals surface area contributed by atoms with Crippen molar-refractivity contribution in [1.82, 2.24) is 14.5 Å². The van der Waals surface area contributed by atoms with E-state index in [0.717, 1.165) is 11.1 Å². The molecule has 142 valence electrons. The number of nitrogens with one attached hydrogen (secondary N) is 1. The third-order valence-corrected chi connectivity index (χ3v) is 4.58. The molecule has 0 saturated carbocycles. The molecule has 4 aromatic heterocycles. The fourth-order valence-electron chi connectivity index (χ4n) is 3.17. The van der Waals surface area contributed by atoms with Crippen LogP contribution < -0.4 is 5.32 Å². The van der Waals surface area contributed by atoms with Crippen LogP contribution in [0, 0.1) is 0 Å². The SMILES string of the molecule is O=C(Nc1ccccc1Cc1nc(-c2ccco2)no1)c1cc2ccccn2c1. The molecular formula is C22H16N4O3. The van der Waals surface area contributed by atoms with Crippen molar-refractivity contribution in [2.45, 2.75) is 6.42 Å². The van der Waals surface area contributed by atoms with Crippen molar-refractivity contribution in [3.63, 3.8) is 0 Å². The van der Waals surface area contributed by atoms with E-state index in [4.69, 9.17) is 8.94 Å². The minimum absolute atomic E-state index is 0.178. The average Bonchev–Trinajstić information content (AvgIpc) is 3.49. The summed E-state index contributed by atoms with van der Waals surface area (Å²) in [6.45, 7) is 0. The summed E-state index contributed by atoms with van der Waals surface area (Å²) in [5.74, 6) is 1.20. The monoisotopic (exact) mass is 384 g/mol. The quantitative estimate of drug-likeness (QED) is 0.485. The molecule has 0 aliphatic carbocycles. The highest BCUT2D eigenvalue weighted by Crippen LogP contribution is 2.22. The van der Waals surface area contributed by atoms with Gasteiger partial charge in [0.15, 0.2) is 5.76 Å². The number of carbonyl (C=O) groups excluding carboxylic acids is 1. The van der Waals surface area contributed by atoms with Crippen molar-refractivity contribution < 1.29 is 13.7 Å². The molecule has 1 amide bonds. The Morgan fingerprint density at radius 1 is 1.07 bits per heavy atom. The average molecular weight is 384 g/mol. The predicted molar refractivity (Wildman–Crippen MR) is 107 cm³/mol. The molecule has 0 bridgehead atoms. The van der Waals surface area contributed by atoms with E-state index < -0.39 is 0 Å². The second-order valence-electron chi connectivity index (χ2n) is 6.54. The molecule has 0 fully saturated rings. The zero-order valence-corrected chi connectivity index (χ0v) is 15.3. The summed E-state index contributed by atoms with van der Waals surface area (Å²) < 4.78 is 12.5. The number of fused-ring (bicyclic) bond motifs is 1. The molecule has 0 atom stereocenters. The van der Waals surface area contributed by atoms with Crippen molar-refractivity contribution in [1.29, 1.82) is 0 Å². The number of furan rings is 1. The number of rotatable bonds is 5. The first kappa shape index (κ1) is 17.0. The van der Waals surface area contributed by atoms with Gasteiger partial charge in [-0.15, -0.1) is 0 Å². The molecule has 0 radical (unpaired) electrons. The fourth-order valence-corrected chi connectivity index (χ4v) is 3.17. The van der Waals surface area contributed by atoms with Crippen LogP contribution in [-0.4, -0.2) is 20.4 Å². The van der Waals surface area contributed by atoms with Crippen LogP contribution in [0.25, 0.3) is 17.1 Å². The zero-order valence-electron chi connectivity index (χ0n) is 15.3. The largest absolute Gasteiger partial charge is 0.461 e. The van der Waals surface area contributed by atoms with Gasteiger partial charge in [-0.2, -0.15) is 4.98 Å². The van der Waals surface area contributed by atoms with Crippen molar-refractivity contribution in [3.05, 3.63) is 96.3 Å². The lowest BCUT2D eigenvalue weighted by Gasteiger charge is -2.09. The molecule has 1 N–H and O–H groups in total. The summed E-state index contributed by atoms with van der Waals surface area (Å²) in [7, 11) is 0. The molecule has 7 nitrogen and oxygen atoms in total. The number of para-hydroxylation sites is 1. The smallest absolute Gasteiger partial charge is 0.257 e. The number of hydrogen-bond donors (Lipinski definition) is 1. The molecule has 5 rings (SSSR count). The third-order valence-electron chi connectivity index (χ3n) is 4.58. The highest BCUT2D eigenvalue weighted by atomic mass is 16.5. The first-order valence-electron chi connectivity index (χ1n) is 9.09. The van der Waals surface area contributed by atoms with Crippen LogP contribution in [0.4, 0.5) is 5.69 Å². The lowest BCUT2D eigenvalue weighted by atomic mass is 10.1. The van der Waals surface area contributed by atoms with E-state index in [1.807, 2.05) is 59.1 Å². The Hall–Kier alpha value is -4.13. The van der Waals surface area contributed by atoms with Gasteiger partial charge in [-0.25, -0.2) is 0 Å². The summed E-state index contributed by atoms with van der Waals surface area (Å²) in [5.41, 5.74) is 3.12. The lowest BCUT2D eigenvalue weighted by Crippen LogP contribution is -2.12. The minimum Gasteiger partial charge on any atom is -0.461 e.